The predicted octanol–water partition coefficient (Wildman–Crippen LogP) is 3.20. The van der Waals surface area contributed by atoms with Crippen molar-refractivity contribution in [2.45, 2.75) is 43.1 Å². The number of nitrogens with zero attached hydrogens (tertiary/aromatic N) is 4. The summed E-state index contributed by atoms with van der Waals surface area (Å²) in [5.74, 6) is 1.45. The molecule has 172 valence electrons. The number of imidazole rings is 1. The molecular weight excluding hydrogens is 442 g/mol. The minimum atomic E-state index is -0.417. The Hall–Kier alpha value is -3.47. The van der Waals surface area contributed by atoms with Crippen molar-refractivity contribution in [3.05, 3.63) is 52.8 Å². The number of thioether (sulfide) groups is 1. The Balaban J connectivity index is 1.33. The first-order valence-electron chi connectivity index (χ1n) is 11.0. The highest BCUT2D eigenvalue weighted by Crippen LogP contribution is 2.29. The number of hydrogen-bond acceptors (Lipinski definition) is 7. The first-order chi connectivity index (χ1) is 16.1. The SMILES string of the molecule is CC(Sc1nnc(N2CCCCC2)n1Cc1ccco1)C(=O)Nc1ccc2[nH]c(=O)[nH]c2c1. The van der Waals surface area contributed by atoms with Crippen LogP contribution in [-0.4, -0.2) is 49.0 Å². The Morgan fingerprint density at radius 2 is 2.00 bits per heavy atom. The second-order valence-electron chi connectivity index (χ2n) is 8.08. The minimum absolute atomic E-state index is 0.163. The van der Waals surface area contributed by atoms with E-state index in [1.165, 1.54) is 18.2 Å². The second-order valence-corrected chi connectivity index (χ2v) is 9.39. The number of fused-ring (bicyclic) bond motifs is 1. The van der Waals surface area contributed by atoms with E-state index in [1.807, 2.05) is 23.6 Å². The number of furan rings is 1. The molecule has 4 aromatic rings. The van der Waals surface area contributed by atoms with Crippen molar-refractivity contribution in [1.82, 2.24) is 24.7 Å². The quantitative estimate of drug-likeness (QED) is 0.357. The van der Waals surface area contributed by atoms with Gasteiger partial charge in [0.2, 0.25) is 11.9 Å². The Bertz CT molecular complexity index is 1300. The molecule has 0 saturated carbocycles. The third-order valence-electron chi connectivity index (χ3n) is 5.67. The normalized spacial score (nSPS) is 15.1. The van der Waals surface area contributed by atoms with Gasteiger partial charge >= 0.3 is 5.69 Å². The number of rotatable bonds is 7. The van der Waals surface area contributed by atoms with Gasteiger partial charge in [-0.25, -0.2) is 4.79 Å². The van der Waals surface area contributed by atoms with E-state index in [-0.39, 0.29) is 11.6 Å². The number of H-pyrrole nitrogens is 2. The van der Waals surface area contributed by atoms with Crippen LogP contribution in [0, 0.1) is 0 Å². The Kier molecular flexibility index (Phi) is 5.95. The Morgan fingerprint density at radius 3 is 2.79 bits per heavy atom. The molecule has 0 spiro atoms. The lowest BCUT2D eigenvalue weighted by Gasteiger charge is -2.27. The zero-order valence-corrected chi connectivity index (χ0v) is 19.0. The molecule has 1 aromatic carbocycles. The number of aromatic amines is 2. The first kappa shape index (κ1) is 21.4. The lowest BCUT2D eigenvalue weighted by molar-refractivity contribution is -0.115. The monoisotopic (exact) mass is 467 g/mol. The highest BCUT2D eigenvalue weighted by Gasteiger charge is 2.24. The number of piperidine rings is 1. The van der Waals surface area contributed by atoms with E-state index < -0.39 is 5.25 Å². The van der Waals surface area contributed by atoms with Crippen LogP contribution in [0.15, 0.2) is 51.0 Å². The number of hydrogen-bond donors (Lipinski definition) is 3. The molecular formula is C22H25N7O3S. The molecule has 5 rings (SSSR count). The smallest absolute Gasteiger partial charge is 0.323 e. The van der Waals surface area contributed by atoms with E-state index >= 15 is 0 Å². The van der Waals surface area contributed by atoms with Gasteiger partial charge < -0.3 is 24.6 Å². The molecule has 1 aliphatic heterocycles. The number of anilines is 2. The van der Waals surface area contributed by atoms with Crippen molar-refractivity contribution in [3.63, 3.8) is 0 Å². The van der Waals surface area contributed by atoms with Gasteiger partial charge in [0.25, 0.3) is 0 Å². The number of aromatic nitrogens is 5. The molecule has 3 aromatic heterocycles. The van der Waals surface area contributed by atoms with Gasteiger partial charge in [0.1, 0.15) is 5.76 Å². The molecule has 1 aliphatic rings. The third kappa shape index (κ3) is 4.68. The molecule has 10 nitrogen and oxygen atoms in total. The maximum Gasteiger partial charge on any atom is 0.323 e. The predicted molar refractivity (Wildman–Crippen MR) is 127 cm³/mol. The molecule has 0 bridgehead atoms. The van der Waals surface area contributed by atoms with Crippen molar-refractivity contribution in [3.8, 4) is 0 Å². The number of carbonyl (C=O) groups is 1. The van der Waals surface area contributed by atoms with Crippen molar-refractivity contribution in [2.75, 3.05) is 23.3 Å². The summed E-state index contributed by atoms with van der Waals surface area (Å²) in [6.07, 6.45) is 5.14. The van der Waals surface area contributed by atoms with Gasteiger partial charge in [0.15, 0.2) is 5.16 Å². The van der Waals surface area contributed by atoms with Crippen LogP contribution >= 0.6 is 11.8 Å². The van der Waals surface area contributed by atoms with Gasteiger partial charge in [-0.3, -0.25) is 9.36 Å². The van der Waals surface area contributed by atoms with Gasteiger partial charge in [-0.05, 0) is 56.5 Å². The zero-order valence-electron chi connectivity index (χ0n) is 18.2. The summed E-state index contributed by atoms with van der Waals surface area (Å²) >= 11 is 1.36. The average Bonchev–Trinajstić information content (AvgIpc) is 3.55. The number of carbonyl (C=O) groups excluding carboxylic acids is 1. The molecule has 33 heavy (non-hydrogen) atoms. The summed E-state index contributed by atoms with van der Waals surface area (Å²) < 4.78 is 7.58. The number of benzene rings is 1. The fourth-order valence-electron chi connectivity index (χ4n) is 3.96. The number of nitrogens with one attached hydrogen (secondary N) is 3. The second kappa shape index (κ2) is 9.18. The molecule has 1 amide bonds. The summed E-state index contributed by atoms with van der Waals surface area (Å²) in [6, 6.07) is 9.03. The summed E-state index contributed by atoms with van der Waals surface area (Å²) in [5.41, 5.74) is 1.67. The zero-order chi connectivity index (χ0) is 22.8. The van der Waals surface area contributed by atoms with E-state index in [0.717, 1.165) is 37.6 Å². The van der Waals surface area contributed by atoms with E-state index in [4.69, 9.17) is 4.42 Å². The highest BCUT2D eigenvalue weighted by molar-refractivity contribution is 8.00. The third-order valence-corrected chi connectivity index (χ3v) is 6.75. The van der Waals surface area contributed by atoms with Gasteiger partial charge in [-0.2, -0.15) is 0 Å². The van der Waals surface area contributed by atoms with Crippen LogP contribution in [0.1, 0.15) is 31.9 Å². The molecule has 0 radical (unpaired) electrons. The maximum atomic E-state index is 12.9. The lowest BCUT2D eigenvalue weighted by Crippen LogP contribution is -2.32. The summed E-state index contributed by atoms with van der Waals surface area (Å²) in [7, 11) is 0. The fourth-order valence-corrected chi connectivity index (χ4v) is 4.80. The fraction of sp³-hybridized carbons (Fsp3) is 0.364. The molecule has 1 unspecified atom stereocenters. The summed E-state index contributed by atoms with van der Waals surface area (Å²) in [6.45, 7) is 4.23. The molecule has 0 aliphatic carbocycles. The maximum absolute atomic E-state index is 12.9. The van der Waals surface area contributed by atoms with Crippen LogP contribution in [0.3, 0.4) is 0 Å². The van der Waals surface area contributed by atoms with Crippen LogP contribution in [0.4, 0.5) is 11.6 Å². The van der Waals surface area contributed by atoms with Crippen LogP contribution in [0.5, 0.6) is 0 Å². The van der Waals surface area contributed by atoms with Crippen molar-refractivity contribution in [2.24, 2.45) is 0 Å². The summed E-state index contributed by atoms with van der Waals surface area (Å²) in [5, 5.41) is 12.0. The minimum Gasteiger partial charge on any atom is -0.467 e. The van der Waals surface area contributed by atoms with Gasteiger partial charge in [0.05, 0.1) is 29.1 Å². The number of amides is 1. The summed E-state index contributed by atoms with van der Waals surface area (Å²) in [4.78, 5) is 32.0. The topological polar surface area (TPSA) is 125 Å². The first-order valence-corrected chi connectivity index (χ1v) is 11.8. The van der Waals surface area contributed by atoms with E-state index in [1.54, 1.807) is 24.5 Å². The van der Waals surface area contributed by atoms with Crippen LogP contribution in [0.2, 0.25) is 0 Å². The molecule has 1 fully saturated rings. The van der Waals surface area contributed by atoms with E-state index in [2.05, 4.69) is 30.4 Å². The molecule has 1 saturated heterocycles. The average molecular weight is 468 g/mol. The van der Waals surface area contributed by atoms with Crippen LogP contribution in [-0.2, 0) is 11.3 Å². The van der Waals surface area contributed by atoms with E-state index in [9.17, 15) is 9.59 Å². The van der Waals surface area contributed by atoms with Crippen LogP contribution < -0.4 is 15.9 Å². The Labute approximate surface area is 193 Å². The van der Waals surface area contributed by atoms with Gasteiger partial charge in [-0.1, -0.05) is 11.8 Å². The van der Waals surface area contributed by atoms with Crippen LogP contribution in [0.25, 0.3) is 11.0 Å². The van der Waals surface area contributed by atoms with Crippen molar-refractivity contribution < 1.29 is 9.21 Å². The van der Waals surface area contributed by atoms with Gasteiger partial charge in [-0.15, -0.1) is 10.2 Å². The van der Waals surface area contributed by atoms with Crippen molar-refractivity contribution in [1.29, 1.82) is 0 Å². The largest absolute Gasteiger partial charge is 0.467 e. The molecule has 3 N–H and O–H groups in total. The van der Waals surface area contributed by atoms with E-state index in [0.29, 0.717) is 28.4 Å². The molecule has 4 heterocycles. The van der Waals surface area contributed by atoms with Gasteiger partial charge in [0, 0.05) is 18.8 Å². The molecule has 11 heteroatoms. The lowest BCUT2D eigenvalue weighted by atomic mass is 10.1. The standard InChI is InChI=1S/C22H25N7O3S/c1-14(19(30)23-15-7-8-17-18(12-15)25-20(31)24-17)33-22-27-26-21(28-9-3-2-4-10-28)29(22)13-16-6-5-11-32-16/h5-8,11-12,14H,2-4,9-10,13H2,1H3,(H,23,30)(H2,24,25,31). The van der Waals surface area contributed by atoms with Crippen molar-refractivity contribution >= 4 is 40.3 Å². The highest BCUT2D eigenvalue weighted by atomic mass is 32.2. The Morgan fingerprint density at radius 1 is 1.18 bits per heavy atom. The molecule has 1 atom stereocenters.